The average Bonchev–Trinajstić information content (AvgIpc) is 2.88. The van der Waals surface area contributed by atoms with E-state index < -0.39 is 0 Å². The Balaban J connectivity index is 1.85. The monoisotopic (exact) mass is 281 g/mol. The minimum Gasteiger partial charge on any atom is -0.394 e. The molecule has 0 aliphatic heterocycles. The molecule has 0 heterocycles. The van der Waals surface area contributed by atoms with Gasteiger partial charge in [0.2, 0.25) is 0 Å². The first kappa shape index (κ1) is 14.3. The minimum absolute atomic E-state index is 0.148. The smallest absolute Gasteiger partial charge is 0.0677 e. The first-order valence-corrected chi connectivity index (χ1v) is 7.66. The summed E-state index contributed by atoms with van der Waals surface area (Å²) in [5, 5.41) is 13.6. The highest BCUT2D eigenvalue weighted by Gasteiger charge is 2.37. The van der Waals surface area contributed by atoms with Crippen LogP contribution in [0.3, 0.4) is 0 Å². The Bertz CT molecular complexity index is 650. The number of fused-ring (bicyclic) bond motifs is 1. The minimum atomic E-state index is -0.285. The molecule has 0 spiro atoms. The molecule has 1 unspecified atom stereocenters. The second-order valence-electron chi connectivity index (χ2n) is 6.11. The lowest BCUT2D eigenvalue weighted by Crippen LogP contribution is -2.43. The lowest BCUT2D eigenvalue weighted by molar-refractivity contribution is 0.158. The van der Waals surface area contributed by atoms with Crippen molar-refractivity contribution in [3.8, 4) is 0 Å². The molecule has 0 aromatic heterocycles. The van der Waals surface area contributed by atoms with E-state index in [2.05, 4.69) is 61.6 Å². The molecule has 3 rings (SSSR count). The largest absolute Gasteiger partial charge is 0.394 e. The van der Waals surface area contributed by atoms with Crippen LogP contribution in [0.2, 0.25) is 0 Å². The third kappa shape index (κ3) is 2.50. The highest BCUT2D eigenvalue weighted by Crippen LogP contribution is 2.36. The van der Waals surface area contributed by atoms with E-state index >= 15 is 0 Å². The first-order valence-electron chi connectivity index (χ1n) is 7.66. The van der Waals surface area contributed by atoms with E-state index in [1.54, 1.807) is 0 Å². The third-order valence-corrected chi connectivity index (χ3v) is 4.96. The number of rotatable bonds is 4. The maximum absolute atomic E-state index is 10.0. The van der Waals surface area contributed by atoms with E-state index in [0.717, 1.165) is 19.4 Å². The number of aliphatic hydroxyl groups excluding tert-OH is 1. The summed E-state index contributed by atoms with van der Waals surface area (Å²) in [6.07, 6.45) is 2.00. The zero-order chi connectivity index (χ0) is 14.9. The van der Waals surface area contributed by atoms with Gasteiger partial charge in [0.05, 0.1) is 12.1 Å². The van der Waals surface area contributed by atoms with Crippen molar-refractivity contribution in [1.29, 1.82) is 0 Å². The number of hydrogen-bond acceptors (Lipinski definition) is 2. The molecule has 110 valence electrons. The number of aliphatic hydroxyl groups is 1. The molecule has 0 bridgehead atoms. The van der Waals surface area contributed by atoms with Crippen LogP contribution in [-0.2, 0) is 18.5 Å². The van der Waals surface area contributed by atoms with E-state index in [4.69, 9.17) is 0 Å². The summed E-state index contributed by atoms with van der Waals surface area (Å²) in [7, 11) is 0. The van der Waals surface area contributed by atoms with Crippen LogP contribution in [0.15, 0.2) is 42.5 Å². The number of hydrogen-bond donors (Lipinski definition) is 2. The molecule has 1 aliphatic rings. The number of benzene rings is 2. The lowest BCUT2D eigenvalue weighted by Gasteiger charge is -2.30. The van der Waals surface area contributed by atoms with Gasteiger partial charge in [0, 0.05) is 6.54 Å². The van der Waals surface area contributed by atoms with Crippen LogP contribution in [0.25, 0.3) is 0 Å². The van der Waals surface area contributed by atoms with E-state index in [1.807, 2.05) is 0 Å². The van der Waals surface area contributed by atoms with Crippen LogP contribution >= 0.6 is 0 Å². The molecule has 21 heavy (non-hydrogen) atoms. The zero-order valence-corrected chi connectivity index (χ0v) is 12.8. The van der Waals surface area contributed by atoms with Crippen LogP contribution in [0.4, 0.5) is 0 Å². The summed E-state index contributed by atoms with van der Waals surface area (Å²) < 4.78 is 0. The number of aryl methyl sites for hydroxylation is 2. The Morgan fingerprint density at radius 1 is 1.10 bits per heavy atom. The molecule has 2 N–H and O–H groups in total. The molecule has 1 aliphatic carbocycles. The molecule has 0 saturated heterocycles. The van der Waals surface area contributed by atoms with Crippen LogP contribution in [0, 0.1) is 13.8 Å². The van der Waals surface area contributed by atoms with Gasteiger partial charge < -0.3 is 10.4 Å². The van der Waals surface area contributed by atoms with E-state index in [-0.39, 0.29) is 12.1 Å². The van der Waals surface area contributed by atoms with Gasteiger partial charge in [-0.05, 0) is 54.5 Å². The highest BCUT2D eigenvalue weighted by atomic mass is 16.3. The summed E-state index contributed by atoms with van der Waals surface area (Å²) in [6.45, 7) is 5.25. The van der Waals surface area contributed by atoms with Crippen LogP contribution in [0.5, 0.6) is 0 Å². The molecule has 2 nitrogen and oxygen atoms in total. The van der Waals surface area contributed by atoms with Gasteiger partial charge in [0.1, 0.15) is 0 Å². The molecular weight excluding hydrogens is 258 g/mol. The predicted molar refractivity (Wildman–Crippen MR) is 86.3 cm³/mol. The zero-order valence-electron chi connectivity index (χ0n) is 12.8. The van der Waals surface area contributed by atoms with Crippen molar-refractivity contribution in [2.75, 3.05) is 6.61 Å². The van der Waals surface area contributed by atoms with Crippen molar-refractivity contribution in [1.82, 2.24) is 5.32 Å². The van der Waals surface area contributed by atoms with E-state index in [1.165, 1.54) is 27.8 Å². The van der Waals surface area contributed by atoms with Crippen molar-refractivity contribution < 1.29 is 5.11 Å². The summed E-state index contributed by atoms with van der Waals surface area (Å²) in [5.41, 5.74) is 6.31. The van der Waals surface area contributed by atoms with Gasteiger partial charge in [-0.3, -0.25) is 0 Å². The molecule has 0 saturated carbocycles. The second kappa shape index (κ2) is 5.63. The Kier molecular flexibility index (Phi) is 3.83. The van der Waals surface area contributed by atoms with Gasteiger partial charge in [0.15, 0.2) is 0 Å². The van der Waals surface area contributed by atoms with Crippen molar-refractivity contribution >= 4 is 0 Å². The maximum atomic E-state index is 10.0. The standard InChI is InChI=1S/C19H23NO/c1-14-6-5-8-17(15(14)2)12-20-19(13-21)11-10-16-7-3-4-9-18(16)19/h3-9,20-21H,10-13H2,1-2H3. The van der Waals surface area contributed by atoms with Gasteiger partial charge in [-0.1, -0.05) is 42.5 Å². The van der Waals surface area contributed by atoms with Gasteiger partial charge >= 0.3 is 0 Å². The fraction of sp³-hybridized carbons (Fsp3) is 0.368. The average molecular weight is 281 g/mol. The molecule has 0 radical (unpaired) electrons. The quantitative estimate of drug-likeness (QED) is 0.902. The second-order valence-corrected chi connectivity index (χ2v) is 6.11. The molecule has 1 atom stereocenters. The molecule has 2 aromatic carbocycles. The van der Waals surface area contributed by atoms with Gasteiger partial charge in [-0.25, -0.2) is 0 Å². The fourth-order valence-electron chi connectivity index (χ4n) is 3.36. The number of nitrogens with one attached hydrogen (secondary N) is 1. The Morgan fingerprint density at radius 3 is 2.71 bits per heavy atom. The summed E-state index contributed by atoms with van der Waals surface area (Å²) >= 11 is 0. The van der Waals surface area contributed by atoms with Crippen LogP contribution < -0.4 is 5.32 Å². The molecule has 0 fully saturated rings. The third-order valence-electron chi connectivity index (χ3n) is 4.96. The van der Waals surface area contributed by atoms with Gasteiger partial charge in [-0.15, -0.1) is 0 Å². The topological polar surface area (TPSA) is 32.3 Å². The summed E-state index contributed by atoms with van der Waals surface area (Å²) in [5.74, 6) is 0. The van der Waals surface area contributed by atoms with Gasteiger partial charge in [0.25, 0.3) is 0 Å². The van der Waals surface area contributed by atoms with Crippen LogP contribution in [0.1, 0.15) is 34.2 Å². The molecule has 2 heteroatoms. The van der Waals surface area contributed by atoms with Crippen molar-refractivity contribution in [2.45, 2.75) is 38.8 Å². The Hall–Kier alpha value is -1.64. The SMILES string of the molecule is Cc1cccc(CNC2(CO)CCc3ccccc32)c1C. The van der Waals surface area contributed by atoms with Gasteiger partial charge in [-0.2, -0.15) is 0 Å². The van der Waals surface area contributed by atoms with Crippen molar-refractivity contribution in [2.24, 2.45) is 0 Å². The van der Waals surface area contributed by atoms with Crippen molar-refractivity contribution in [3.05, 3.63) is 70.3 Å². The van der Waals surface area contributed by atoms with E-state index in [9.17, 15) is 5.11 Å². The predicted octanol–water partition coefficient (Wildman–Crippen LogP) is 3.23. The lowest BCUT2D eigenvalue weighted by atomic mass is 9.92. The molecule has 0 amide bonds. The highest BCUT2D eigenvalue weighted by molar-refractivity contribution is 5.39. The summed E-state index contributed by atoms with van der Waals surface area (Å²) in [6, 6.07) is 14.9. The normalized spacial score (nSPS) is 20.5. The van der Waals surface area contributed by atoms with Crippen molar-refractivity contribution in [3.63, 3.8) is 0 Å². The van der Waals surface area contributed by atoms with E-state index in [0.29, 0.717) is 0 Å². The van der Waals surface area contributed by atoms with Crippen LogP contribution in [-0.4, -0.2) is 11.7 Å². The molecular formula is C19H23NO. The Labute approximate surface area is 126 Å². The first-order chi connectivity index (χ1) is 10.2. The molecule has 2 aromatic rings. The fourth-order valence-corrected chi connectivity index (χ4v) is 3.36. The summed E-state index contributed by atoms with van der Waals surface area (Å²) in [4.78, 5) is 0. The maximum Gasteiger partial charge on any atom is 0.0677 e. The Morgan fingerprint density at radius 2 is 1.90 bits per heavy atom.